The summed E-state index contributed by atoms with van der Waals surface area (Å²) in [6.07, 6.45) is 1.01. The summed E-state index contributed by atoms with van der Waals surface area (Å²) >= 11 is 1.97. The van der Waals surface area contributed by atoms with Crippen LogP contribution < -0.4 is 0 Å². The number of fused-ring (bicyclic) bond motifs is 6. The first kappa shape index (κ1) is 34.7. The van der Waals surface area contributed by atoms with E-state index in [1.165, 1.54) is 104 Å². The zero-order valence-electron chi connectivity index (χ0n) is 32.7. The molecule has 1 atom stereocenters. The third kappa shape index (κ3) is 5.41. The second-order valence-corrected chi connectivity index (χ2v) is 17.1. The summed E-state index contributed by atoms with van der Waals surface area (Å²) in [4.78, 5) is 2.70. The molecule has 0 nitrogen and oxygen atoms in total. The van der Waals surface area contributed by atoms with Crippen LogP contribution in [0.25, 0.3) is 54.9 Å². The molecule has 0 saturated carbocycles. The summed E-state index contributed by atoms with van der Waals surface area (Å²) in [6, 6.07) is 75.2. The zero-order chi connectivity index (χ0) is 38.8. The highest BCUT2D eigenvalue weighted by Crippen LogP contribution is 2.63. The molecule has 276 valence electrons. The van der Waals surface area contributed by atoms with E-state index >= 15 is 0 Å². The fraction of sp³-hybridized carbons (Fsp3) is 0.0877. The van der Waals surface area contributed by atoms with E-state index < -0.39 is 5.41 Å². The summed E-state index contributed by atoms with van der Waals surface area (Å²) in [6.45, 7) is 4.36. The van der Waals surface area contributed by atoms with Gasteiger partial charge < -0.3 is 0 Å². The van der Waals surface area contributed by atoms with Gasteiger partial charge in [-0.3, -0.25) is 0 Å². The number of benzene rings is 8. The van der Waals surface area contributed by atoms with Crippen LogP contribution >= 0.6 is 11.3 Å². The van der Waals surface area contributed by atoms with Gasteiger partial charge >= 0.3 is 0 Å². The maximum absolute atomic E-state index is 2.43. The molecule has 2 aliphatic rings. The normalized spacial score (nSPS) is 14.4. The lowest BCUT2D eigenvalue weighted by atomic mass is 9.70. The number of hydrogen-bond acceptors (Lipinski definition) is 1. The van der Waals surface area contributed by atoms with E-state index in [4.69, 9.17) is 0 Å². The largest absolute Gasteiger partial charge is 0.137 e. The first-order valence-electron chi connectivity index (χ1n) is 20.4. The quantitative estimate of drug-likeness (QED) is 0.152. The fourth-order valence-corrected chi connectivity index (χ4v) is 11.5. The molecule has 1 heteroatoms. The molecule has 1 aromatic heterocycles. The smallest absolute Gasteiger partial charge is 0.0807 e. The van der Waals surface area contributed by atoms with E-state index in [0.717, 1.165) is 6.42 Å². The molecule has 58 heavy (non-hydrogen) atoms. The van der Waals surface area contributed by atoms with Crippen molar-refractivity contribution in [2.45, 2.75) is 31.6 Å². The average molecular weight is 759 g/mol. The summed E-state index contributed by atoms with van der Waals surface area (Å²) in [7, 11) is 0. The van der Waals surface area contributed by atoms with Crippen molar-refractivity contribution >= 4 is 11.3 Å². The molecular weight excluding hydrogens is 717 g/mol. The predicted molar refractivity (Wildman–Crippen MR) is 245 cm³/mol. The van der Waals surface area contributed by atoms with E-state index in [-0.39, 0.29) is 0 Å². The molecule has 11 rings (SSSR count). The Morgan fingerprint density at radius 2 is 0.983 bits per heavy atom. The lowest BCUT2D eigenvalue weighted by Gasteiger charge is -2.33. The standard InChI is InChI=1S/C57H42S/c1-37-21-30-44(31-22-37)57(45-32-23-38(2)24-33-45)52-20-12-11-19-49(52)54-53(41-15-7-4-8-16-41)55(58-56(54)57)42-27-25-40(26-28-42)43-29-34-48-50(35-39-13-5-3-6-14-39)46-17-9-10-18-47(46)51(48)36-43/h3-34,36,50H,35H2,1-2H3. The highest BCUT2D eigenvalue weighted by molar-refractivity contribution is 7.17. The minimum Gasteiger partial charge on any atom is -0.137 e. The van der Waals surface area contributed by atoms with Gasteiger partial charge in [-0.25, -0.2) is 0 Å². The summed E-state index contributed by atoms with van der Waals surface area (Å²) < 4.78 is 0. The van der Waals surface area contributed by atoms with Gasteiger partial charge in [-0.2, -0.15) is 0 Å². The number of rotatable bonds is 7. The van der Waals surface area contributed by atoms with Crippen molar-refractivity contribution in [1.82, 2.24) is 0 Å². The van der Waals surface area contributed by atoms with Gasteiger partial charge in [0.05, 0.1) is 5.41 Å². The van der Waals surface area contributed by atoms with Crippen LogP contribution in [0.1, 0.15) is 55.3 Å². The topological polar surface area (TPSA) is 0 Å². The molecule has 9 aromatic rings. The Morgan fingerprint density at radius 1 is 0.431 bits per heavy atom. The van der Waals surface area contributed by atoms with Crippen molar-refractivity contribution < 1.29 is 0 Å². The van der Waals surface area contributed by atoms with Crippen LogP contribution in [0.5, 0.6) is 0 Å². The monoisotopic (exact) mass is 758 g/mol. The van der Waals surface area contributed by atoms with Crippen LogP contribution in [-0.2, 0) is 11.8 Å². The Labute approximate surface area is 345 Å². The summed E-state index contributed by atoms with van der Waals surface area (Å²) in [5.41, 5.74) is 22.0. The molecule has 0 spiro atoms. The van der Waals surface area contributed by atoms with Crippen LogP contribution in [0.4, 0.5) is 0 Å². The molecule has 0 amide bonds. The maximum Gasteiger partial charge on any atom is 0.0807 e. The molecule has 0 aliphatic heterocycles. The first-order valence-corrected chi connectivity index (χ1v) is 21.2. The Hall–Kier alpha value is -6.54. The van der Waals surface area contributed by atoms with E-state index in [2.05, 4.69) is 214 Å². The van der Waals surface area contributed by atoms with Crippen molar-refractivity contribution in [1.29, 1.82) is 0 Å². The van der Waals surface area contributed by atoms with Gasteiger partial charge in [0.15, 0.2) is 0 Å². The second-order valence-electron chi connectivity index (χ2n) is 16.1. The molecule has 1 heterocycles. The number of hydrogen-bond donors (Lipinski definition) is 0. The summed E-state index contributed by atoms with van der Waals surface area (Å²) in [5, 5.41) is 0. The van der Waals surface area contributed by atoms with Gasteiger partial charge in [-0.05, 0) is 98.7 Å². The third-order valence-electron chi connectivity index (χ3n) is 12.7. The first-order chi connectivity index (χ1) is 28.6. The Bertz CT molecular complexity index is 2900. The van der Waals surface area contributed by atoms with Crippen LogP contribution in [-0.4, -0.2) is 0 Å². The van der Waals surface area contributed by atoms with E-state index in [0.29, 0.717) is 5.92 Å². The zero-order valence-corrected chi connectivity index (χ0v) is 33.6. The minimum absolute atomic E-state index is 0.360. The Balaban J connectivity index is 1.07. The molecule has 0 bridgehead atoms. The molecule has 0 radical (unpaired) electrons. The van der Waals surface area contributed by atoms with Crippen LogP contribution in [0.2, 0.25) is 0 Å². The molecule has 8 aromatic carbocycles. The van der Waals surface area contributed by atoms with Crippen molar-refractivity contribution in [2.75, 3.05) is 0 Å². The average Bonchev–Trinajstić information content (AvgIpc) is 3.91. The van der Waals surface area contributed by atoms with Crippen LogP contribution in [0.15, 0.2) is 200 Å². The lowest BCUT2D eigenvalue weighted by molar-refractivity contribution is 0.784. The molecule has 0 saturated heterocycles. The van der Waals surface area contributed by atoms with Crippen molar-refractivity contribution in [3.05, 3.63) is 250 Å². The molecular formula is C57H42S. The summed E-state index contributed by atoms with van der Waals surface area (Å²) in [5.74, 6) is 0.360. The number of aryl methyl sites for hydroxylation is 2. The van der Waals surface area contributed by atoms with Crippen molar-refractivity contribution in [2.24, 2.45) is 0 Å². The molecule has 0 fully saturated rings. The highest BCUT2D eigenvalue weighted by atomic mass is 32.1. The Kier molecular flexibility index (Phi) is 8.27. The molecule has 0 N–H and O–H groups in total. The molecule has 1 unspecified atom stereocenters. The highest BCUT2D eigenvalue weighted by Gasteiger charge is 2.49. The van der Waals surface area contributed by atoms with Gasteiger partial charge in [0.1, 0.15) is 0 Å². The van der Waals surface area contributed by atoms with Gasteiger partial charge in [0.25, 0.3) is 0 Å². The SMILES string of the molecule is Cc1ccc(C2(c3ccc(C)cc3)c3ccccc3-c3c2sc(-c2ccc(-c4ccc5c(c4)-c4ccccc4C5Cc4ccccc4)cc2)c3-c2ccccc2)cc1. The van der Waals surface area contributed by atoms with E-state index in [1.54, 1.807) is 0 Å². The second kappa shape index (κ2) is 13.8. The van der Waals surface area contributed by atoms with Crippen LogP contribution in [0.3, 0.4) is 0 Å². The van der Waals surface area contributed by atoms with Gasteiger partial charge in [0.2, 0.25) is 0 Å². The lowest BCUT2D eigenvalue weighted by Crippen LogP contribution is -2.27. The maximum atomic E-state index is 2.43. The predicted octanol–water partition coefficient (Wildman–Crippen LogP) is 15.1. The molecule has 2 aliphatic carbocycles. The van der Waals surface area contributed by atoms with E-state index in [9.17, 15) is 0 Å². The van der Waals surface area contributed by atoms with Gasteiger partial charge in [-0.1, -0.05) is 205 Å². The van der Waals surface area contributed by atoms with Gasteiger partial charge in [0, 0.05) is 26.8 Å². The van der Waals surface area contributed by atoms with Crippen LogP contribution in [0, 0.1) is 13.8 Å². The van der Waals surface area contributed by atoms with Crippen molar-refractivity contribution in [3.8, 4) is 54.9 Å². The third-order valence-corrected chi connectivity index (χ3v) is 14.1. The van der Waals surface area contributed by atoms with E-state index in [1.807, 2.05) is 11.3 Å². The van der Waals surface area contributed by atoms with Gasteiger partial charge in [-0.15, -0.1) is 11.3 Å². The minimum atomic E-state index is -0.446. The Morgan fingerprint density at radius 3 is 1.67 bits per heavy atom. The van der Waals surface area contributed by atoms with Crippen molar-refractivity contribution in [3.63, 3.8) is 0 Å². The number of thiophene rings is 1. The fourth-order valence-electron chi connectivity index (χ4n) is 9.90.